The monoisotopic (exact) mass is 135 g/mol. The zero-order chi connectivity index (χ0) is 6.41. The lowest BCUT2D eigenvalue weighted by Crippen LogP contribution is -2.13. The summed E-state index contributed by atoms with van der Waals surface area (Å²) in [5.41, 5.74) is 5.41. The van der Waals surface area contributed by atoms with E-state index in [2.05, 4.69) is 6.92 Å². The number of rotatable bonds is 4. The van der Waals surface area contributed by atoms with Crippen molar-refractivity contribution in [3.05, 3.63) is 0 Å². The van der Waals surface area contributed by atoms with E-state index < -0.39 is 0 Å². The van der Waals surface area contributed by atoms with Crippen LogP contribution in [0.25, 0.3) is 0 Å². The van der Waals surface area contributed by atoms with E-state index in [1.807, 2.05) is 0 Å². The van der Waals surface area contributed by atoms with Gasteiger partial charge in [0.25, 0.3) is 0 Å². The Morgan fingerprint density at radius 1 is 1.62 bits per heavy atom. The Morgan fingerprint density at radius 3 is 2.38 bits per heavy atom. The molecule has 0 aliphatic rings. The lowest BCUT2D eigenvalue weighted by molar-refractivity contribution is 0.507. The third kappa shape index (κ3) is 3.28. The van der Waals surface area contributed by atoms with E-state index in [1.165, 1.54) is 0 Å². The standard InChI is InChI=1S/C6H14ClN/c1-2-6(5-8)3-4-7/h6H,2-5,8H2,1H3. The van der Waals surface area contributed by atoms with Gasteiger partial charge in [-0.05, 0) is 18.9 Å². The molecule has 0 bridgehead atoms. The van der Waals surface area contributed by atoms with Gasteiger partial charge in [-0.25, -0.2) is 0 Å². The molecule has 0 spiro atoms. The van der Waals surface area contributed by atoms with Gasteiger partial charge in [-0.1, -0.05) is 13.3 Å². The molecule has 0 saturated carbocycles. The molecule has 1 unspecified atom stereocenters. The second-order valence-corrected chi connectivity index (χ2v) is 2.37. The third-order valence-corrected chi connectivity index (χ3v) is 1.65. The number of hydrogen-bond acceptors (Lipinski definition) is 1. The summed E-state index contributed by atoms with van der Waals surface area (Å²) < 4.78 is 0. The highest BCUT2D eigenvalue weighted by atomic mass is 35.5. The number of halogens is 1. The highest BCUT2D eigenvalue weighted by Gasteiger charge is 1.99. The maximum absolute atomic E-state index is 5.50. The van der Waals surface area contributed by atoms with Gasteiger partial charge in [-0.15, -0.1) is 11.6 Å². The molecule has 0 aromatic heterocycles. The van der Waals surface area contributed by atoms with E-state index in [0.29, 0.717) is 5.92 Å². The van der Waals surface area contributed by atoms with Crippen LogP contribution in [0, 0.1) is 5.92 Å². The molecule has 0 saturated heterocycles. The summed E-state index contributed by atoms with van der Waals surface area (Å²) in [5.74, 6) is 1.39. The van der Waals surface area contributed by atoms with Crippen molar-refractivity contribution in [2.45, 2.75) is 19.8 Å². The van der Waals surface area contributed by atoms with Crippen molar-refractivity contribution in [1.29, 1.82) is 0 Å². The second kappa shape index (κ2) is 5.39. The van der Waals surface area contributed by atoms with Crippen molar-refractivity contribution in [2.75, 3.05) is 12.4 Å². The van der Waals surface area contributed by atoms with Crippen LogP contribution in [0.2, 0.25) is 0 Å². The predicted molar refractivity (Wildman–Crippen MR) is 38.2 cm³/mol. The molecule has 0 heterocycles. The summed E-state index contributed by atoms with van der Waals surface area (Å²) in [5, 5.41) is 0. The van der Waals surface area contributed by atoms with Crippen LogP contribution in [0.5, 0.6) is 0 Å². The van der Waals surface area contributed by atoms with Gasteiger partial charge in [0.1, 0.15) is 0 Å². The van der Waals surface area contributed by atoms with E-state index in [0.717, 1.165) is 25.3 Å². The van der Waals surface area contributed by atoms with Gasteiger partial charge >= 0.3 is 0 Å². The topological polar surface area (TPSA) is 26.0 Å². The van der Waals surface area contributed by atoms with E-state index in [4.69, 9.17) is 17.3 Å². The lowest BCUT2D eigenvalue weighted by atomic mass is 10.0. The predicted octanol–water partition coefficient (Wildman–Crippen LogP) is 1.60. The zero-order valence-corrected chi connectivity index (χ0v) is 6.12. The molecule has 1 nitrogen and oxygen atoms in total. The first-order valence-electron chi connectivity index (χ1n) is 3.11. The Balaban J connectivity index is 3.07. The quantitative estimate of drug-likeness (QED) is 0.583. The summed E-state index contributed by atoms with van der Waals surface area (Å²) in [6, 6.07) is 0. The van der Waals surface area contributed by atoms with Crippen molar-refractivity contribution >= 4 is 11.6 Å². The van der Waals surface area contributed by atoms with Crippen molar-refractivity contribution in [1.82, 2.24) is 0 Å². The number of alkyl halides is 1. The molecule has 0 aromatic carbocycles. The van der Waals surface area contributed by atoms with Gasteiger partial charge in [0.2, 0.25) is 0 Å². The third-order valence-electron chi connectivity index (χ3n) is 1.43. The Bertz CT molecular complexity index is 43.8. The second-order valence-electron chi connectivity index (χ2n) is 1.99. The van der Waals surface area contributed by atoms with E-state index >= 15 is 0 Å². The first-order chi connectivity index (χ1) is 3.85. The van der Waals surface area contributed by atoms with Crippen molar-refractivity contribution in [2.24, 2.45) is 11.7 Å². The average molecular weight is 136 g/mol. The highest BCUT2D eigenvalue weighted by Crippen LogP contribution is 2.05. The molecule has 8 heavy (non-hydrogen) atoms. The first kappa shape index (κ1) is 8.25. The van der Waals surface area contributed by atoms with Crippen LogP contribution in [-0.4, -0.2) is 12.4 Å². The average Bonchev–Trinajstić information content (AvgIpc) is 1.83. The molecule has 0 fully saturated rings. The molecule has 2 N–H and O–H groups in total. The number of hydrogen-bond donors (Lipinski definition) is 1. The lowest BCUT2D eigenvalue weighted by Gasteiger charge is -2.07. The summed E-state index contributed by atoms with van der Waals surface area (Å²) in [4.78, 5) is 0. The minimum absolute atomic E-state index is 0.646. The van der Waals surface area contributed by atoms with Gasteiger partial charge in [-0.2, -0.15) is 0 Å². The molecule has 0 amide bonds. The molecule has 0 rings (SSSR count). The van der Waals surface area contributed by atoms with E-state index in [1.54, 1.807) is 0 Å². The molecular weight excluding hydrogens is 122 g/mol. The maximum atomic E-state index is 5.50. The normalized spacial score (nSPS) is 13.9. The fraction of sp³-hybridized carbons (Fsp3) is 1.00. The molecule has 0 radical (unpaired) electrons. The summed E-state index contributed by atoms with van der Waals surface area (Å²) in [7, 11) is 0. The van der Waals surface area contributed by atoms with Gasteiger partial charge in [0.05, 0.1) is 0 Å². The van der Waals surface area contributed by atoms with Gasteiger partial charge in [0, 0.05) is 5.88 Å². The van der Waals surface area contributed by atoms with E-state index in [-0.39, 0.29) is 0 Å². The molecule has 0 aliphatic heterocycles. The molecule has 50 valence electrons. The Kier molecular flexibility index (Phi) is 5.56. The van der Waals surface area contributed by atoms with E-state index in [9.17, 15) is 0 Å². The Hall–Kier alpha value is 0.250. The van der Waals surface area contributed by atoms with Crippen LogP contribution in [0.4, 0.5) is 0 Å². The zero-order valence-electron chi connectivity index (χ0n) is 5.36. The summed E-state index contributed by atoms with van der Waals surface area (Å²) >= 11 is 5.50. The van der Waals surface area contributed by atoms with Gasteiger partial charge in [-0.3, -0.25) is 0 Å². The molecule has 1 atom stereocenters. The fourth-order valence-corrected chi connectivity index (χ4v) is 0.952. The molecule has 2 heteroatoms. The van der Waals surface area contributed by atoms with Crippen LogP contribution in [0.15, 0.2) is 0 Å². The molecule has 0 aromatic rings. The van der Waals surface area contributed by atoms with Crippen LogP contribution >= 0.6 is 11.6 Å². The van der Waals surface area contributed by atoms with Gasteiger partial charge in [0.15, 0.2) is 0 Å². The van der Waals surface area contributed by atoms with Crippen LogP contribution in [0.3, 0.4) is 0 Å². The minimum Gasteiger partial charge on any atom is -0.330 e. The SMILES string of the molecule is CCC(CN)CCCl. The maximum Gasteiger partial charge on any atom is 0.0226 e. The molecular formula is C6H14ClN. The molecule has 0 aliphatic carbocycles. The summed E-state index contributed by atoms with van der Waals surface area (Å²) in [6.45, 7) is 2.92. The highest BCUT2D eigenvalue weighted by molar-refractivity contribution is 6.17. The smallest absolute Gasteiger partial charge is 0.0226 e. The largest absolute Gasteiger partial charge is 0.330 e. The van der Waals surface area contributed by atoms with Gasteiger partial charge < -0.3 is 5.73 Å². The van der Waals surface area contributed by atoms with Crippen molar-refractivity contribution in [3.8, 4) is 0 Å². The summed E-state index contributed by atoms with van der Waals surface area (Å²) in [6.07, 6.45) is 2.22. The first-order valence-corrected chi connectivity index (χ1v) is 3.64. The van der Waals surface area contributed by atoms with Crippen molar-refractivity contribution in [3.63, 3.8) is 0 Å². The van der Waals surface area contributed by atoms with Crippen molar-refractivity contribution < 1.29 is 0 Å². The minimum atomic E-state index is 0.646. The van der Waals surface area contributed by atoms with Crippen LogP contribution in [0.1, 0.15) is 19.8 Å². The Morgan fingerprint density at radius 2 is 2.25 bits per heavy atom. The fourth-order valence-electron chi connectivity index (χ4n) is 0.643. The Labute approximate surface area is 56.2 Å². The number of nitrogens with two attached hydrogens (primary N) is 1. The van der Waals surface area contributed by atoms with Crippen LogP contribution in [-0.2, 0) is 0 Å². The van der Waals surface area contributed by atoms with Crippen LogP contribution < -0.4 is 5.73 Å².